The van der Waals surface area contributed by atoms with Crippen molar-refractivity contribution >= 4 is 87.6 Å². The zero-order valence-electron chi connectivity index (χ0n) is 28.5. The molecule has 0 amide bonds. The van der Waals surface area contributed by atoms with Crippen LogP contribution in [0.25, 0.3) is 60.2 Å². The monoisotopic (exact) mass is 736 g/mol. The van der Waals surface area contributed by atoms with Gasteiger partial charge in [-0.2, -0.15) is 0 Å². The molecule has 0 radical (unpaired) electrons. The first-order valence-electron chi connectivity index (χ1n) is 17.1. The molecule has 49 heavy (non-hydrogen) atoms. The van der Waals surface area contributed by atoms with E-state index < -0.39 is 0 Å². The van der Waals surface area contributed by atoms with Crippen molar-refractivity contribution in [3.8, 4) is 31.6 Å². The van der Waals surface area contributed by atoms with Crippen molar-refractivity contribution in [2.45, 2.75) is 91.9 Å². The Morgan fingerprint density at radius 3 is 1.41 bits per heavy atom. The van der Waals surface area contributed by atoms with E-state index in [-0.39, 0.29) is 11.4 Å². The number of hydrogen-bond acceptors (Lipinski definition) is 7. The fourth-order valence-electron chi connectivity index (χ4n) is 6.21. The van der Waals surface area contributed by atoms with Crippen molar-refractivity contribution in [2.24, 2.45) is 11.8 Å². The van der Waals surface area contributed by atoms with Crippen molar-refractivity contribution in [3.05, 3.63) is 79.4 Å². The van der Waals surface area contributed by atoms with Gasteiger partial charge in [0.1, 0.15) is 0 Å². The molecule has 250 valence electrons. The van der Waals surface area contributed by atoms with E-state index in [0.29, 0.717) is 11.8 Å². The molecule has 0 fully saturated rings. The van der Waals surface area contributed by atoms with Crippen LogP contribution in [-0.4, -0.2) is 0 Å². The predicted molar refractivity (Wildman–Crippen MR) is 216 cm³/mol. The molecular weight excluding hydrogens is 697 g/mol. The molecule has 5 aromatic heterocycles. The van der Waals surface area contributed by atoms with Gasteiger partial charge in [0, 0.05) is 38.7 Å². The van der Waals surface area contributed by atoms with Gasteiger partial charge in [0.15, 0.2) is 0 Å². The molecule has 0 saturated heterocycles. The summed E-state index contributed by atoms with van der Waals surface area (Å²) in [4.78, 5) is 13.9. The minimum atomic E-state index is 0.135. The molecule has 0 aliphatic rings. The third kappa shape index (κ3) is 8.61. The van der Waals surface area contributed by atoms with Gasteiger partial charge in [-0.15, -0.1) is 56.7 Å². The molecule has 9 heteroatoms. The molecule has 5 aromatic rings. The highest BCUT2D eigenvalue weighted by atomic mass is 32.1. The van der Waals surface area contributed by atoms with Crippen LogP contribution in [-0.2, 0) is 12.8 Å². The number of fused-ring (bicyclic) bond motifs is 3. The SMILES string of the molecule is [C-]#[N+]/C(C#N)=C\c1sc(-c2cc3sc4cc(-c5cc(CC(CC)CCCC)c(/C=C(\C#N)[N+]#[C-])s5)sc4c3s2)cc1CC(CC)CCCC. The van der Waals surface area contributed by atoms with Crippen LogP contribution in [0.3, 0.4) is 0 Å². The standard InChI is InChI=1S/C40H40N4S5/c1-7-11-13-25(9-3)15-27-17-33(45-31(27)19-29(23-41)43-5)35-21-37-39(48-35)40-38(47-37)22-36(49-40)34-18-28(16-26(10-4)14-12-8-2)32(46-34)20-30(24-42)44-6/h17-22,25-26H,7-16H2,1-4H3/b29-19-,30-20+. The minimum absolute atomic E-state index is 0.135. The Labute approximate surface area is 310 Å². The second-order valence-corrected chi connectivity index (χ2v) is 17.8. The number of nitrogens with zero attached hydrogens (tertiary/aromatic N) is 4. The molecule has 0 bridgehead atoms. The van der Waals surface area contributed by atoms with Gasteiger partial charge in [0.25, 0.3) is 11.4 Å². The van der Waals surface area contributed by atoms with Gasteiger partial charge in [-0.1, -0.05) is 79.1 Å². The van der Waals surface area contributed by atoms with Gasteiger partial charge in [0.05, 0.1) is 34.7 Å². The van der Waals surface area contributed by atoms with E-state index in [1.807, 2.05) is 34.0 Å². The highest BCUT2D eigenvalue weighted by molar-refractivity contribution is 7.41. The number of hydrogen-bond donors (Lipinski definition) is 0. The normalized spacial score (nSPS) is 13.3. The zero-order valence-corrected chi connectivity index (χ0v) is 32.6. The lowest BCUT2D eigenvalue weighted by Crippen LogP contribution is -2.03. The summed E-state index contributed by atoms with van der Waals surface area (Å²) in [5, 5.41) is 19.0. The Hall–Kier alpha value is -3.54. The topological polar surface area (TPSA) is 56.3 Å². The van der Waals surface area contributed by atoms with Crippen LogP contribution in [0.5, 0.6) is 0 Å². The Balaban J connectivity index is 1.51. The first kappa shape index (κ1) is 36.7. The molecular formula is C40H40N4S5. The predicted octanol–water partition coefficient (Wildman–Crippen LogP) is 14.7. The Bertz CT molecular complexity index is 1970. The summed E-state index contributed by atoms with van der Waals surface area (Å²) in [6.45, 7) is 23.9. The molecule has 0 spiro atoms. The van der Waals surface area contributed by atoms with E-state index in [1.54, 1.807) is 34.8 Å². The van der Waals surface area contributed by atoms with Crippen molar-refractivity contribution in [2.75, 3.05) is 0 Å². The van der Waals surface area contributed by atoms with Crippen LogP contribution >= 0.6 is 56.7 Å². The summed E-state index contributed by atoms with van der Waals surface area (Å²) in [5.74, 6) is 1.18. The van der Waals surface area contributed by atoms with E-state index in [0.717, 1.165) is 35.4 Å². The molecule has 4 nitrogen and oxygen atoms in total. The van der Waals surface area contributed by atoms with Crippen LogP contribution in [0.4, 0.5) is 0 Å². The second kappa shape index (κ2) is 17.4. The summed E-state index contributed by atoms with van der Waals surface area (Å²) in [6.07, 6.45) is 15.0. The quantitative estimate of drug-likeness (QED) is 0.0748. The molecule has 5 heterocycles. The van der Waals surface area contributed by atoms with Gasteiger partial charge in [-0.05, 0) is 72.2 Å². The largest absolute Gasteiger partial charge is 0.263 e. The minimum Gasteiger partial charge on any atom is -0.227 e. The van der Waals surface area contributed by atoms with Gasteiger partial charge in [-0.3, -0.25) is 0 Å². The molecule has 0 aliphatic carbocycles. The van der Waals surface area contributed by atoms with E-state index >= 15 is 0 Å². The maximum atomic E-state index is 9.51. The van der Waals surface area contributed by atoms with Crippen molar-refractivity contribution in [1.82, 2.24) is 0 Å². The van der Waals surface area contributed by atoms with E-state index in [1.165, 1.54) is 88.0 Å². The smallest absolute Gasteiger partial charge is 0.227 e. The first-order chi connectivity index (χ1) is 23.9. The molecule has 0 aromatic carbocycles. The van der Waals surface area contributed by atoms with Crippen LogP contribution in [0.1, 0.15) is 99.9 Å². The van der Waals surface area contributed by atoms with Gasteiger partial charge < -0.3 is 0 Å². The van der Waals surface area contributed by atoms with Crippen molar-refractivity contribution in [1.29, 1.82) is 10.5 Å². The Morgan fingerprint density at radius 1 is 0.653 bits per heavy atom. The molecule has 2 unspecified atom stereocenters. The number of nitriles is 2. The van der Waals surface area contributed by atoms with Crippen LogP contribution in [0.2, 0.25) is 0 Å². The second-order valence-electron chi connectivity index (χ2n) is 12.5. The van der Waals surface area contributed by atoms with Crippen molar-refractivity contribution in [3.63, 3.8) is 0 Å². The maximum absolute atomic E-state index is 9.51. The Morgan fingerprint density at radius 2 is 1.06 bits per heavy atom. The highest BCUT2D eigenvalue weighted by Gasteiger charge is 2.21. The number of thiophene rings is 5. The third-order valence-corrected chi connectivity index (χ3v) is 15.5. The zero-order chi connectivity index (χ0) is 34.9. The summed E-state index contributed by atoms with van der Waals surface area (Å²) < 4.78 is 5.21. The van der Waals surface area contributed by atoms with Crippen molar-refractivity contribution < 1.29 is 0 Å². The lowest BCUT2D eigenvalue weighted by Gasteiger charge is -2.14. The molecule has 5 rings (SSSR count). The fourth-order valence-corrected chi connectivity index (χ4v) is 12.6. The third-order valence-electron chi connectivity index (χ3n) is 9.10. The maximum Gasteiger partial charge on any atom is 0.263 e. The van der Waals surface area contributed by atoms with E-state index in [4.69, 9.17) is 13.1 Å². The van der Waals surface area contributed by atoms with Gasteiger partial charge in [-0.25, -0.2) is 20.2 Å². The summed E-state index contributed by atoms with van der Waals surface area (Å²) in [6, 6.07) is 13.4. The molecule has 0 saturated carbocycles. The lowest BCUT2D eigenvalue weighted by atomic mass is 9.92. The summed E-state index contributed by atoms with van der Waals surface area (Å²) >= 11 is 8.91. The average molecular weight is 737 g/mol. The molecule has 2 atom stereocenters. The number of allylic oxidation sites excluding steroid dienone is 2. The summed E-state index contributed by atoms with van der Waals surface area (Å²) in [5.41, 5.74) is 2.76. The van der Waals surface area contributed by atoms with Gasteiger partial charge in [0.2, 0.25) is 0 Å². The average Bonchev–Trinajstić information content (AvgIpc) is 3.94. The van der Waals surface area contributed by atoms with Crippen LogP contribution in [0, 0.1) is 47.6 Å². The summed E-state index contributed by atoms with van der Waals surface area (Å²) in [7, 11) is 0. The van der Waals surface area contributed by atoms with E-state index in [9.17, 15) is 10.5 Å². The number of rotatable bonds is 16. The fraction of sp³-hybridized carbons (Fsp3) is 0.400. The molecule has 0 aliphatic heterocycles. The van der Waals surface area contributed by atoms with Crippen LogP contribution < -0.4 is 0 Å². The van der Waals surface area contributed by atoms with Crippen LogP contribution in [0.15, 0.2) is 35.7 Å². The van der Waals surface area contributed by atoms with E-state index in [2.05, 4.69) is 73.8 Å². The van der Waals surface area contributed by atoms with Gasteiger partial charge >= 0.3 is 0 Å². The highest BCUT2D eigenvalue weighted by Crippen LogP contribution is 2.50. The Kier molecular flexibility index (Phi) is 13.0. The first-order valence-corrected chi connectivity index (χ1v) is 21.2. The lowest BCUT2D eigenvalue weighted by molar-refractivity contribution is 0.449. The number of unbranched alkanes of at least 4 members (excludes halogenated alkanes) is 2. The molecule has 0 N–H and O–H groups in total.